The van der Waals surface area contributed by atoms with Crippen molar-refractivity contribution in [3.05, 3.63) is 50.1 Å². The molecule has 110 valence electrons. The SMILES string of the molecule is C[C@@H](Oc1cccc(Cl)c1)C(=O)NN=Cc1ccc(Br)s1. The minimum absolute atomic E-state index is 0.332. The molecule has 2 aromatic rings. The van der Waals surface area contributed by atoms with Gasteiger partial charge in [-0.05, 0) is 53.2 Å². The Morgan fingerprint density at radius 1 is 1.48 bits per heavy atom. The fourth-order valence-electron chi connectivity index (χ4n) is 1.45. The highest BCUT2D eigenvalue weighted by molar-refractivity contribution is 9.11. The Hall–Kier alpha value is -1.37. The fourth-order valence-corrected chi connectivity index (χ4v) is 2.92. The van der Waals surface area contributed by atoms with Crippen molar-refractivity contribution in [1.82, 2.24) is 5.43 Å². The predicted molar refractivity (Wildman–Crippen MR) is 89.3 cm³/mol. The zero-order chi connectivity index (χ0) is 15.2. The van der Waals surface area contributed by atoms with Gasteiger partial charge in [0.15, 0.2) is 6.10 Å². The summed E-state index contributed by atoms with van der Waals surface area (Å²) in [4.78, 5) is 12.8. The predicted octanol–water partition coefficient (Wildman–Crippen LogP) is 4.08. The molecular formula is C14H12BrClN2O2S. The molecular weight excluding hydrogens is 376 g/mol. The van der Waals surface area contributed by atoms with Gasteiger partial charge in [-0.25, -0.2) is 5.43 Å². The Kier molecular flexibility index (Phi) is 5.78. The number of ether oxygens (including phenoxy) is 1. The molecule has 1 N–H and O–H groups in total. The smallest absolute Gasteiger partial charge is 0.280 e. The summed E-state index contributed by atoms with van der Waals surface area (Å²) in [5.41, 5.74) is 2.44. The molecule has 1 atom stereocenters. The summed E-state index contributed by atoms with van der Waals surface area (Å²) in [6, 6.07) is 10.7. The number of rotatable bonds is 5. The molecule has 0 fully saturated rings. The van der Waals surface area contributed by atoms with Crippen LogP contribution in [-0.2, 0) is 4.79 Å². The van der Waals surface area contributed by atoms with Crippen molar-refractivity contribution in [3.8, 4) is 5.75 Å². The fraction of sp³-hybridized carbons (Fsp3) is 0.143. The Morgan fingerprint density at radius 2 is 2.29 bits per heavy atom. The lowest BCUT2D eigenvalue weighted by Gasteiger charge is -2.12. The third-order valence-electron chi connectivity index (χ3n) is 2.44. The first kappa shape index (κ1) is 16.0. The van der Waals surface area contributed by atoms with Crippen LogP contribution in [0.4, 0.5) is 0 Å². The largest absolute Gasteiger partial charge is 0.481 e. The van der Waals surface area contributed by atoms with Gasteiger partial charge in [-0.15, -0.1) is 11.3 Å². The number of hydrogen-bond acceptors (Lipinski definition) is 4. The third kappa shape index (κ3) is 5.15. The summed E-state index contributed by atoms with van der Waals surface area (Å²) in [5.74, 6) is 0.207. The highest BCUT2D eigenvalue weighted by Gasteiger charge is 2.13. The van der Waals surface area contributed by atoms with Crippen molar-refractivity contribution in [1.29, 1.82) is 0 Å². The first-order chi connectivity index (χ1) is 10.0. The Morgan fingerprint density at radius 3 is 2.95 bits per heavy atom. The summed E-state index contributed by atoms with van der Waals surface area (Å²) in [7, 11) is 0. The lowest BCUT2D eigenvalue weighted by Crippen LogP contribution is -2.33. The zero-order valence-electron chi connectivity index (χ0n) is 11.0. The second-order valence-corrected chi connectivity index (χ2v) is 7.02. The second-order valence-electron chi connectivity index (χ2n) is 4.09. The molecule has 0 aliphatic carbocycles. The Bertz CT molecular complexity index is 660. The first-order valence-corrected chi connectivity index (χ1v) is 8.04. The number of carbonyl (C=O) groups is 1. The topological polar surface area (TPSA) is 50.7 Å². The van der Waals surface area contributed by atoms with Gasteiger partial charge in [-0.2, -0.15) is 5.10 Å². The van der Waals surface area contributed by atoms with Crippen molar-refractivity contribution in [2.45, 2.75) is 13.0 Å². The molecule has 0 spiro atoms. The van der Waals surface area contributed by atoms with E-state index in [-0.39, 0.29) is 5.91 Å². The molecule has 2 rings (SSSR count). The van der Waals surface area contributed by atoms with E-state index in [1.807, 2.05) is 12.1 Å². The summed E-state index contributed by atoms with van der Waals surface area (Å²) < 4.78 is 6.50. The highest BCUT2D eigenvalue weighted by atomic mass is 79.9. The van der Waals surface area contributed by atoms with Gasteiger partial charge in [0.1, 0.15) is 5.75 Å². The molecule has 0 saturated heterocycles. The van der Waals surface area contributed by atoms with Gasteiger partial charge in [0.05, 0.1) is 10.0 Å². The summed E-state index contributed by atoms with van der Waals surface area (Å²) >= 11 is 10.7. The van der Waals surface area contributed by atoms with Crippen LogP contribution >= 0.6 is 38.9 Å². The van der Waals surface area contributed by atoms with Crippen LogP contribution in [0.3, 0.4) is 0 Å². The Balaban J connectivity index is 1.86. The molecule has 0 bridgehead atoms. The van der Waals surface area contributed by atoms with E-state index in [9.17, 15) is 4.79 Å². The number of benzene rings is 1. The minimum atomic E-state index is -0.671. The number of carbonyl (C=O) groups excluding carboxylic acids is 1. The van der Waals surface area contributed by atoms with Gasteiger partial charge >= 0.3 is 0 Å². The van der Waals surface area contributed by atoms with E-state index in [0.717, 1.165) is 8.66 Å². The van der Waals surface area contributed by atoms with Crippen molar-refractivity contribution in [2.24, 2.45) is 5.10 Å². The lowest BCUT2D eigenvalue weighted by atomic mass is 10.3. The average molecular weight is 388 g/mol. The molecule has 0 unspecified atom stereocenters. The van der Waals surface area contributed by atoms with Crippen LogP contribution in [0.1, 0.15) is 11.8 Å². The standard InChI is InChI=1S/C14H12BrClN2O2S/c1-9(20-11-4-2-3-10(16)7-11)14(19)18-17-8-12-5-6-13(15)21-12/h2-9H,1H3,(H,18,19)/t9-/m1/s1. The minimum Gasteiger partial charge on any atom is -0.481 e. The molecule has 1 amide bonds. The number of thiophene rings is 1. The van der Waals surface area contributed by atoms with Crippen molar-refractivity contribution in [2.75, 3.05) is 0 Å². The van der Waals surface area contributed by atoms with Crippen LogP contribution in [-0.4, -0.2) is 18.2 Å². The van der Waals surface area contributed by atoms with Crippen LogP contribution < -0.4 is 10.2 Å². The van der Waals surface area contributed by atoms with Crippen molar-refractivity contribution in [3.63, 3.8) is 0 Å². The van der Waals surface area contributed by atoms with Crippen molar-refractivity contribution < 1.29 is 9.53 Å². The zero-order valence-corrected chi connectivity index (χ0v) is 14.2. The first-order valence-electron chi connectivity index (χ1n) is 6.05. The van der Waals surface area contributed by atoms with Gasteiger partial charge in [0.2, 0.25) is 0 Å². The van der Waals surface area contributed by atoms with Crippen LogP contribution in [0.5, 0.6) is 5.75 Å². The quantitative estimate of drug-likeness (QED) is 0.621. The molecule has 21 heavy (non-hydrogen) atoms. The van der Waals surface area contributed by atoms with Gasteiger partial charge in [0.25, 0.3) is 5.91 Å². The number of amides is 1. The normalized spacial score (nSPS) is 12.3. The van der Waals surface area contributed by atoms with E-state index in [2.05, 4.69) is 26.5 Å². The van der Waals surface area contributed by atoms with E-state index in [0.29, 0.717) is 10.8 Å². The second kappa shape index (κ2) is 7.59. The van der Waals surface area contributed by atoms with Crippen LogP contribution in [0.15, 0.2) is 45.3 Å². The number of hydrazone groups is 1. The third-order valence-corrected chi connectivity index (χ3v) is 4.23. The van der Waals surface area contributed by atoms with Crippen molar-refractivity contribution >= 4 is 51.0 Å². The van der Waals surface area contributed by atoms with Crippen LogP contribution in [0.2, 0.25) is 5.02 Å². The average Bonchev–Trinajstić information content (AvgIpc) is 2.84. The molecule has 1 aromatic heterocycles. The van der Waals surface area contributed by atoms with E-state index in [4.69, 9.17) is 16.3 Å². The molecule has 0 aliphatic rings. The maximum atomic E-state index is 11.8. The van der Waals surface area contributed by atoms with Crippen LogP contribution in [0.25, 0.3) is 0 Å². The monoisotopic (exact) mass is 386 g/mol. The van der Waals surface area contributed by atoms with Gasteiger partial charge in [-0.3, -0.25) is 4.79 Å². The van der Waals surface area contributed by atoms with Gasteiger partial charge in [-0.1, -0.05) is 17.7 Å². The number of hydrogen-bond donors (Lipinski definition) is 1. The van der Waals surface area contributed by atoms with E-state index in [1.54, 1.807) is 37.4 Å². The van der Waals surface area contributed by atoms with Gasteiger partial charge < -0.3 is 4.74 Å². The maximum absolute atomic E-state index is 11.8. The Labute approximate surface area is 139 Å². The molecule has 1 aromatic carbocycles. The molecule has 1 heterocycles. The lowest BCUT2D eigenvalue weighted by molar-refractivity contribution is -0.127. The maximum Gasteiger partial charge on any atom is 0.280 e. The van der Waals surface area contributed by atoms with Gasteiger partial charge in [0, 0.05) is 9.90 Å². The molecule has 7 heteroatoms. The number of halogens is 2. The van der Waals surface area contributed by atoms with E-state index >= 15 is 0 Å². The molecule has 4 nitrogen and oxygen atoms in total. The summed E-state index contributed by atoms with van der Waals surface area (Å²) in [5, 5.41) is 4.45. The van der Waals surface area contributed by atoms with E-state index in [1.165, 1.54) is 11.3 Å². The molecule has 0 aliphatic heterocycles. The summed E-state index contributed by atoms with van der Waals surface area (Å²) in [6.07, 6.45) is 0.912. The highest BCUT2D eigenvalue weighted by Crippen LogP contribution is 2.20. The molecule has 0 radical (unpaired) electrons. The number of nitrogens with zero attached hydrogens (tertiary/aromatic N) is 1. The van der Waals surface area contributed by atoms with Crippen LogP contribution in [0, 0.1) is 0 Å². The van der Waals surface area contributed by atoms with E-state index < -0.39 is 6.10 Å². The number of nitrogens with one attached hydrogen (secondary N) is 1. The summed E-state index contributed by atoms with van der Waals surface area (Å²) in [6.45, 7) is 1.65. The molecule has 0 saturated carbocycles.